The summed E-state index contributed by atoms with van der Waals surface area (Å²) in [6.45, 7) is 6.04. The van der Waals surface area contributed by atoms with Crippen LogP contribution in [0.15, 0.2) is 12.1 Å². The van der Waals surface area contributed by atoms with Crippen LogP contribution < -0.4 is 10.2 Å². The fourth-order valence-corrected chi connectivity index (χ4v) is 5.54. The van der Waals surface area contributed by atoms with Crippen LogP contribution in [0, 0.1) is 11.7 Å². The third kappa shape index (κ3) is 4.55. The lowest BCUT2D eigenvalue weighted by Gasteiger charge is -2.38. The summed E-state index contributed by atoms with van der Waals surface area (Å²) in [5.41, 5.74) is 0.377. The summed E-state index contributed by atoms with van der Waals surface area (Å²) in [6, 6.07) is 1.49. The Hall–Kier alpha value is -2.89. The Labute approximate surface area is 202 Å². The molecule has 188 valence electrons. The second kappa shape index (κ2) is 9.63. The third-order valence-corrected chi connectivity index (χ3v) is 7.57. The Bertz CT molecular complexity index is 1050. The molecule has 5 rings (SSSR count). The maximum absolute atomic E-state index is 15.1. The summed E-state index contributed by atoms with van der Waals surface area (Å²) in [6.07, 6.45) is 1.94. The molecule has 0 saturated carbocycles. The zero-order chi connectivity index (χ0) is 24.7. The van der Waals surface area contributed by atoms with Crippen LogP contribution in [-0.4, -0.2) is 97.5 Å². The highest BCUT2D eigenvalue weighted by atomic mass is 19.1. The smallest absolute Gasteiger partial charge is 0.262 e. The van der Waals surface area contributed by atoms with Gasteiger partial charge in [0.1, 0.15) is 11.9 Å². The van der Waals surface area contributed by atoms with E-state index in [1.165, 1.54) is 6.07 Å². The number of nitrogens with zero attached hydrogens (tertiary/aromatic N) is 4. The number of nitrogens with one attached hydrogen (secondary N) is 1. The van der Waals surface area contributed by atoms with Crippen molar-refractivity contribution < 1.29 is 28.4 Å². The molecule has 4 heterocycles. The quantitative estimate of drug-likeness (QED) is 0.604. The van der Waals surface area contributed by atoms with E-state index in [9.17, 15) is 19.2 Å². The van der Waals surface area contributed by atoms with Gasteiger partial charge < -0.3 is 14.6 Å². The first-order valence-electron chi connectivity index (χ1n) is 12.2. The normalized spacial score (nSPS) is 24.8. The number of carbonyl (C=O) groups excluding carboxylic acids is 4. The van der Waals surface area contributed by atoms with E-state index in [2.05, 4.69) is 10.2 Å². The van der Waals surface area contributed by atoms with E-state index in [4.69, 9.17) is 4.84 Å². The zero-order valence-corrected chi connectivity index (χ0v) is 19.8. The number of benzene rings is 1. The number of imide groups is 2. The molecule has 1 unspecified atom stereocenters. The SMILES string of the molecule is CON1CCN(CC2CCN(c3cc4c(cc3F)C(=O)N(C3CCC(=O)NC3=O)C4=O)CC2)CC1. The highest BCUT2D eigenvalue weighted by Crippen LogP contribution is 2.34. The molecule has 4 amide bonds. The lowest BCUT2D eigenvalue weighted by Crippen LogP contribution is -2.54. The molecule has 3 saturated heterocycles. The summed E-state index contributed by atoms with van der Waals surface area (Å²) < 4.78 is 15.1. The minimum absolute atomic E-state index is 0.0361. The van der Waals surface area contributed by atoms with Gasteiger partial charge in [0, 0.05) is 52.2 Å². The van der Waals surface area contributed by atoms with E-state index >= 15 is 4.39 Å². The molecule has 0 bridgehead atoms. The van der Waals surface area contributed by atoms with Crippen molar-refractivity contribution >= 4 is 29.3 Å². The van der Waals surface area contributed by atoms with Crippen LogP contribution in [0.2, 0.25) is 0 Å². The van der Waals surface area contributed by atoms with Crippen molar-refractivity contribution in [3.8, 4) is 0 Å². The molecule has 0 aliphatic carbocycles. The van der Waals surface area contributed by atoms with Gasteiger partial charge in [-0.05, 0) is 37.3 Å². The Kier molecular flexibility index (Phi) is 6.56. The molecule has 0 spiro atoms. The van der Waals surface area contributed by atoms with Gasteiger partial charge in [-0.15, -0.1) is 0 Å². The van der Waals surface area contributed by atoms with Crippen molar-refractivity contribution in [2.45, 2.75) is 31.7 Å². The number of hydrogen-bond donors (Lipinski definition) is 1. The standard InChI is InChI=1S/C24H30FN5O5/c1-35-29-10-8-27(9-11-29)14-15-4-6-28(7-5-15)20-13-17-16(12-18(20)25)23(33)30(24(17)34)19-2-3-21(31)26-22(19)32/h12-13,15,19H,2-11,14H2,1H3,(H,26,31,32). The number of fused-ring (bicyclic) bond motifs is 1. The van der Waals surface area contributed by atoms with Gasteiger partial charge in [0.05, 0.1) is 23.9 Å². The Morgan fingerprint density at radius 2 is 1.60 bits per heavy atom. The van der Waals surface area contributed by atoms with Crippen molar-refractivity contribution in [3.63, 3.8) is 0 Å². The van der Waals surface area contributed by atoms with E-state index < -0.39 is 35.5 Å². The second-order valence-electron chi connectivity index (χ2n) is 9.64. The first-order chi connectivity index (χ1) is 16.9. The summed E-state index contributed by atoms with van der Waals surface area (Å²) >= 11 is 0. The number of piperidine rings is 2. The van der Waals surface area contributed by atoms with E-state index in [0.29, 0.717) is 24.7 Å². The molecule has 1 atom stereocenters. The molecule has 1 N–H and O–H groups in total. The maximum atomic E-state index is 15.1. The van der Waals surface area contributed by atoms with Crippen LogP contribution in [0.4, 0.5) is 10.1 Å². The number of hydroxylamine groups is 2. The summed E-state index contributed by atoms with van der Waals surface area (Å²) in [5.74, 6) is -2.46. The minimum atomic E-state index is -1.06. The van der Waals surface area contributed by atoms with Gasteiger partial charge in [-0.25, -0.2) is 4.39 Å². The zero-order valence-electron chi connectivity index (χ0n) is 19.8. The summed E-state index contributed by atoms with van der Waals surface area (Å²) in [7, 11) is 1.69. The Morgan fingerprint density at radius 3 is 2.23 bits per heavy atom. The third-order valence-electron chi connectivity index (χ3n) is 7.57. The van der Waals surface area contributed by atoms with E-state index in [-0.39, 0.29) is 24.0 Å². The van der Waals surface area contributed by atoms with Crippen molar-refractivity contribution in [3.05, 3.63) is 29.1 Å². The molecule has 1 aromatic rings. The highest BCUT2D eigenvalue weighted by Gasteiger charge is 2.45. The molecule has 4 aliphatic heterocycles. The van der Waals surface area contributed by atoms with Gasteiger partial charge in [0.2, 0.25) is 11.8 Å². The number of rotatable bonds is 5. The van der Waals surface area contributed by atoms with Gasteiger partial charge in [-0.1, -0.05) is 0 Å². The van der Waals surface area contributed by atoms with Crippen LogP contribution in [-0.2, 0) is 14.4 Å². The number of carbonyl (C=O) groups is 4. The largest absolute Gasteiger partial charge is 0.369 e. The molecule has 0 aromatic heterocycles. The minimum Gasteiger partial charge on any atom is -0.369 e. The van der Waals surface area contributed by atoms with E-state index in [1.54, 1.807) is 7.11 Å². The van der Waals surface area contributed by atoms with Crippen LogP contribution in [0.25, 0.3) is 0 Å². The first-order valence-corrected chi connectivity index (χ1v) is 12.2. The van der Waals surface area contributed by atoms with Gasteiger partial charge >= 0.3 is 0 Å². The van der Waals surface area contributed by atoms with Crippen LogP contribution >= 0.6 is 0 Å². The molecule has 10 nitrogen and oxygen atoms in total. The molecule has 11 heteroatoms. The lowest BCUT2D eigenvalue weighted by molar-refractivity contribution is -0.152. The molecule has 0 radical (unpaired) electrons. The van der Waals surface area contributed by atoms with Crippen LogP contribution in [0.1, 0.15) is 46.4 Å². The predicted octanol–water partition coefficient (Wildman–Crippen LogP) is 0.622. The molecule has 4 aliphatic rings. The number of hydrogen-bond acceptors (Lipinski definition) is 8. The number of amides is 4. The highest BCUT2D eigenvalue weighted by molar-refractivity contribution is 6.23. The maximum Gasteiger partial charge on any atom is 0.262 e. The Morgan fingerprint density at radius 1 is 0.943 bits per heavy atom. The number of piperazine rings is 1. The van der Waals surface area contributed by atoms with E-state index in [0.717, 1.165) is 56.5 Å². The fourth-order valence-electron chi connectivity index (χ4n) is 5.54. The summed E-state index contributed by atoms with van der Waals surface area (Å²) in [4.78, 5) is 60.2. The fraction of sp³-hybridized carbons (Fsp3) is 0.583. The van der Waals surface area contributed by atoms with Crippen LogP contribution in [0.3, 0.4) is 0 Å². The van der Waals surface area contributed by atoms with Gasteiger partial charge in [-0.3, -0.25) is 29.4 Å². The number of halogens is 1. The molecule has 35 heavy (non-hydrogen) atoms. The average Bonchev–Trinajstić information content (AvgIpc) is 3.09. The van der Waals surface area contributed by atoms with Gasteiger partial charge in [0.15, 0.2) is 0 Å². The van der Waals surface area contributed by atoms with Crippen molar-refractivity contribution in [1.29, 1.82) is 0 Å². The lowest BCUT2D eigenvalue weighted by atomic mass is 9.95. The van der Waals surface area contributed by atoms with Crippen molar-refractivity contribution in [2.24, 2.45) is 5.92 Å². The average molecular weight is 488 g/mol. The monoisotopic (exact) mass is 487 g/mol. The van der Waals surface area contributed by atoms with E-state index in [1.807, 2.05) is 9.96 Å². The predicted molar refractivity (Wildman–Crippen MR) is 123 cm³/mol. The second-order valence-corrected chi connectivity index (χ2v) is 9.64. The Balaban J connectivity index is 1.24. The number of anilines is 1. The molecule has 3 fully saturated rings. The molecule has 1 aromatic carbocycles. The topological polar surface area (TPSA) is 102 Å². The molecular weight excluding hydrogens is 457 g/mol. The van der Waals surface area contributed by atoms with Crippen molar-refractivity contribution in [2.75, 3.05) is 57.8 Å². The summed E-state index contributed by atoms with van der Waals surface area (Å²) in [5, 5.41) is 4.13. The van der Waals surface area contributed by atoms with Gasteiger partial charge in [0.25, 0.3) is 11.8 Å². The van der Waals surface area contributed by atoms with Crippen LogP contribution in [0.5, 0.6) is 0 Å². The molecular formula is C24H30FN5O5. The van der Waals surface area contributed by atoms with Crippen molar-refractivity contribution in [1.82, 2.24) is 20.2 Å². The first kappa shape index (κ1) is 23.8. The van der Waals surface area contributed by atoms with Gasteiger partial charge in [-0.2, -0.15) is 5.06 Å².